The lowest BCUT2D eigenvalue weighted by Crippen LogP contribution is -2.39. The van der Waals surface area contributed by atoms with Crippen molar-refractivity contribution in [2.75, 3.05) is 4.90 Å². The number of anilines is 1. The van der Waals surface area contributed by atoms with Gasteiger partial charge in [-0.05, 0) is 71.1 Å². The van der Waals surface area contributed by atoms with E-state index in [1.807, 2.05) is 6.08 Å². The van der Waals surface area contributed by atoms with Gasteiger partial charge >= 0.3 is 0 Å². The first kappa shape index (κ1) is 23.5. The Labute approximate surface area is 222 Å². The van der Waals surface area contributed by atoms with Crippen molar-refractivity contribution in [1.82, 2.24) is 0 Å². The minimum atomic E-state index is -0.669. The van der Waals surface area contributed by atoms with Crippen molar-refractivity contribution in [1.29, 1.82) is 0 Å². The highest BCUT2D eigenvalue weighted by atomic mass is 79.9. The van der Waals surface area contributed by atoms with Crippen LogP contribution in [0.5, 0.6) is 0 Å². The van der Waals surface area contributed by atoms with Gasteiger partial charge in [-0.25, -0.2) is 0 Å². The summed E-state index contributed by atoms with van der Waals surface area (Å²) in [7, 11) is 0. The van der Waals surface area contributed by atoms with Gasteiger partial charge in [0.1, 0.15) is 18.1 Å². The van der Waals surface area contributed by atoms with Crippen LogP contribution in [0.15, 0.2) is 78.6 Å². The zero-order valence-electron chi connectivity index (χ0n) is 18.7. The maximum absolute atomic E-state index is 13.8. The Balaban J connectivity index is 1.47. The summed E-state index contributed by atoms with van der Waals surface area (Å²) in [5.41, 5.74) is 1.99. The van der Waals surface area contributed by atoms with Crippen molar-refractivity contribution < 1.29 is 28.7 Å². The van der Waals surface area contributed by atoms with Gasteiger partial charge in [0.25, 0.3) is 0 Å². The maximum Gasteiger partial charge on any atom is 0.238 e. The molecule has 182 valence electrons. The Hall–Kier alpha value is -2.88. The average molecular weight is 613 g/mol. The number of benzene rings is 1. The van der Waals surface area contributed by atoms with Crippen molar-refractivity contribution in [3.63, 3.8) is 0 Å². The SMILES string of the molecule is O=C1C=C(Br)C(=O)C2=C1C(c1ccc(CO)o1)C1=CCC3C(=O)N(c4ccc(Br)cc4)C(=O)C3C1C2. The van der Waals surface area contributed by atoms with Crippen LogP contribution in [0.4, 0.5) is 5.69 Å². The number of amides is 2. The molecule has 4 atom stereocenters. The summed E-state index contributed by atoms with van der Waals surface area (Å²) in [4.78, 5) is 54.8. The number of nitrogens with zero attached hydrogens (tertiary/aromatic N) is 1. The minimum Gasteiger partial charge on any atom is -0.463 e. The summed E-state index contributed by atoms with van der Waals surface area (Å²) in [6.45, 7) is -0.306. The van der Waals surface area contributed by atoms with E-state index in [2.05, 4.69) is 31.9 Å². The standard InChI is InChI=1S/C27H19Br2NO6/c28-12-1-3-13(4-2-12)30-26(34)16-7-6-15-17(22(16)27(30)35)9-18-23(20(32)10-19(29)25(18)33)24(15)21-8-5-14(11-31)36-21/h1-6,8,10,16-17,22,24,31H,7,9,11H2. The third-order valence-corrected chi connectivity index (χ3v) is 8.66. The number of carbonyl (C=O) groups excluding carboxylic acids is 4. The van der Waals surface area contributed by atoms with Crippen molar-refractivity contribution in [3.05, 3.63) is 85.7 Å². The fourth-order valence-corrected chi connectivity index (χ4v) is 6.72. The van der Waals surface area contributed by atoms with Crippen LogP contribution in [-0.2, 0) is 25.8 Å². The molecule has 1 saturated heterocycles. The van der Waals surface area contributed by atoms with E-state index in [1.54, 1.807) is 36.4 Å². The summed E-state index contributed by atoms with van der Waals surface area (Å²) in [6, 6.07) is 10.3. The molecule has 0 radical (unpaired) electrons. The average Bonchev–Trinajstić information content (AvgIpc) is 3.44. The number of ketones is 2. The van der Waals surface area contributed by atoms with E-state index in [0.717, 1.165) is 10.0 Å². The predicted octanol–water partition coefficient (Wildman–Crippen LogP) is 4.50. The molecule has 1 aromatic carbocycles. The monoisotopic (exact) mass is 611 g/mol. The van der Waals surface area contributed by atoms with Crippen LogP contribution in [0.2, 0.25) is 0 Å². The van der Waals surface area contributed by atoms with Crippen molar-refractivity contribution in [3.8, 4) is 0 Å². The maximum atomic E-state index is 13.8. The summed E-state index contributed by atoms with van der Waals surface area (Å²) >= 11 is 6.59. The second-order valence-corrected chi connectivity index (χ2v) is 11.1. The zero-order valence-corrected chi connectivity index (χ0v) is 21.9. The molecule has 36 heavy (non-hydrogen) atoms. The molecule has 4 unspecified atom stereocenters. The first-order valence-electron chi connectivity index (χ1n) is 11.5. The zero-order chi connectivity index (χ0) is 25.3. The Morgan fingerprint density at radius 2 is 1.72 bits per heavy atom. The first-order chi connectivity index (χ1) is 17.3. The third kappa shape index (κ3) is 3.40. The molecule has 0 bridgehead atoms. The molecule has 3 aliphatic carbocycles. The molecule has 1 fully saturated rings. The van der Waals surface area contributed by atoms with Crippen LogP contribution in [-0.4, -0.2) is 28.5 Å². The fourth-order valence-electron chi connectivity index (χ4n) is 6.01. The van der Waals surface area contributed by atoms with Crippen molar-refractivity contribution in [2.24, 2.45) is 17.8 Å². The summed E-state index contributed by atoms with van der Waals surface area (Å²) < 4.78 is 6.86. The Kier molecular flexibility index (Phi) is 5.62. The Morgan fingerprint density at radius 1 is 0.972 bits per heavy atom. The quantitative estimate of drug-likeness (QED) is 0.311. The van der Waals surface area contributed by atoms with E-state index < -0.39 is 23.7 Å². The molecular weight excluding hydrogens is 594 g/mol. The Bertz CT molecular complexity index is 1450. The second-order valence-electron chi connectivity index (χ2n) is 9.34. The number of furan rings is 1. The molecule has 1 aliphatic heterocycles. The van der Waals surface area contributed by atoms with Crippen LogP contribution in [0.25, 0.3) is 0 Å². The fraction of sp³-hybridized carbons (Fsp3) is 0.259. The summed E-state index contributed by atoms with van der Waals surface area (Å²) in [6.07, 6.45) is 3.74. The van der Waals surface area contributed by atoms with Gasteiger partial charge in [-0.2, -0.15) is 0 Å². The molecule has 1 aromatic heterocycles. The third-order valence-electron chi connectivity index (χ3n) is 7.54. The van der Waals surface area contributed by atoms with E-state index in [-0.39, 0.29) is 40.9 Å². The van der Waals surface area contributed by atoms with Gasteiger partial charge in [0.2, 0.25) is 11.8 Å². The predicted molar refractivity (Wildman–Crippen MR) is 136 cm³/mol. The lowest BCUT2D eigenvalue weighted by Gasteiger charge is -2.41. The molecule has 6 rings (SSSR count). The van der Waals surface area contributed by atoms with E-state index in [9.17, 15) is 24.3 Å². The Morgan fingerprint density at radius 3 is 2.42 bits per heavy atom. The molecule has 0 spiro atoms. The minimum absolute atomic E-state index is 0.172. The van der Waals surface area contributed by atoms with E-state index in [0.29, 0.717) is 34.8 Å². The first-order valence-corrected chi connectivity index (χ1v) is 13.1. The molecular formula is C27H19Br2NO6. The van der Waals surface area contributed by atoms with Gasteiger partial charge in [-0.15, -0.1) is 0 Å². The number of carbonyl (C=O) groups is 4. The number of aliphatic hydroxyl groups excluding tert-OH is 1. The van der Waals surface area contributed by atoms with Crippen LogP contribution in [0.3, 0.4) is 0 Å². The number of rotatable bonds is 3. The van der Waals surface area contributed by atoms with Crippen LogP contribution in [0, 0.1) is 17.8 Å². The molecule has 2 amide bonds. The number of fused-ring (bicyclic) bond motifs is 3. The van der Waals surface area contributed by atoms with Gasteiger partial charge in [-0.3, -0.25) is 24.1 Å². The highest BCUT2D eigenvalue weighted by Crippen LogP contribution is 2.55. The topological polar surface area (TPSA) is 105 Å². The number of hydrogen-bond acceptors (Lipinski definition) is 6. The molecule has 2 aromatic rings. The smallest absolute Gasteiger partial charge is 0.238 e. The van der Waals surface area contributed by atoms with Gasteiger partial charge in [0, 0.05) is 21.7 Å². The molecule has 4 aliphatic rings. The second kappa shape index (κ2) is 8.61. The largest absolute Gasteiger partial charge is 0.463 e. The highest BCUT2D eigenvalue weighted by Gasteiger charge is 2.57. The number of Topliss-reactive ketones (excluding diaryl/α,β-unsaturated/α-hetero) is 1. The van der Waals surface area contributed by atoms with E-state index in [1.165, 1.54) is 11.0 Å². The van der Waals surface area contributed by atoms with Crippen molar-refractivity contribution in [2.45, 2.75) is 25.4 Å². The highest BCUT2D eigenvalue weighted by molar-refractivity contribution is 9.12. The number of hydrogen-bond donors (Lipinski definition) is 1. The number of halogens is 2. The normalized spacial score (nSPS) is 27.6. The van der Waals surface area contributed by atoms with Gasteiger partial charge in [-0.1, -0.05) is 27.6 Å². The lowest BCUT2D eigenvalue weighted by molar-refractivity contribution is -0.123. The summed E-state index contributed by atoms with van der Waals surface area (Å²) in [5.74, 6) is -2.70. The van der Waals surface area contributed by atoms with Crippen LogP contribution < -0.4 is 4.90 Å². The summed E-state index contributed by atoms with van der Waals surface area (Å²) in [5, 5.41) is 9.54. The van der Waals surface area contributed by atoms with Gasteiger partial charge in [0.15, 0.2) is 11.6 Å². The number of imide groups is 1. The van der Waals surface area contributed by atoms with E-state index >= 15 is 0 Å². The van der Waals surface area contributed by atoms with Gasteiger partial charge < -0.3 is 9.52 Å². The molecule has 7 nitrogen and oxygen atoms in total. The molecule has 1 N–H and O–H groups in total. The molecule has 9 heteroatoms. The van der Waals surface area contributed by atoms with Crippen LogP contribution in [0.1, 0.15) is 30.3 Å². The number of aliphatic hydroxyl groups is 1. The molecule has 2 heterocycles. The number of allylic oxidation sites excluding steroid dienone is 6. The van der Waals surface area contributed by atoms with Crippen molar-refractivity contribution >= 4 is 60.9 Å². The molecule has 0 saturated carbocycles. The van der Waals surface area contributed by atoms with E-state index in [4.69, 9.17) is 4.42 Å². The van der Waals surface area contributed by atoms with Crippen LogP contribution >= 0.6 is 31.9 Å². The van der Waals surface area contributed by atoms with Gasteiger partial charge in [0.05, 0.1) is 27.9 Å². The lowest BCUT2D eigenvalue weighted by atomic mass is 9.60.